The van der Waals surface area contributed by atoms with Crippen LogP contribution in [0.5, 0.6) is 11.5 Å². The maximum atomic E-state index is 5.63. The van der Waals surface area contributed by atoms with Gasteiger partial charge in [0.15, 0.2) is 16.6 Å². The van der Waals surface area contributed by atoms with Gasteiger partial charge in [0.2, 0.25) is 0 Å². The highest BCUT2D eigenvalue weighted by molar-refractivity contribution is 7.80. The van der Waals surface area contributed by atoms with Crippen LogP contribution in [0.15, 0.2) is 66.7 Å². The van der Waals surface area contributed by atoms with Crippen molar-refractivity contribution in [2.24, 2.45) is 0 Å². The Morgan fingerprint density at radius 2 is 1.59 bits per heavy atom. The van der Waals surface area contributed by atoms with Crippen LogP contribution in [-0.2, 0) is 0 Å². The van der Waals surface area contributed by atoms with Gasteiger partial charge in [-0.15, -0.1) is 0 Å². The summed E-state index contributed by atoms with van der Waals surface area (Å²) in [5, 5.41) is 7.26. The monoisotopic (exact) mass is 406 g/mol. The number of hydrogen-bond acceptors (Lipinski definition) is 3. The first-order valence-electron chi connectivity index (χ1n) is 9.43. The number of hydrogen-bond donors (Lipinski definition) is 2. The Hall–Kier alpha value is -3.05. The number of rotatable bonds is 6. The molecule has 3 aromatic carbocycles. The lowest BCUT2D eigenvalue weighted by atomic mass is 9.94. The summed E-state index contributed by atoms with van der Waals surface area (Å²) in [4.78, 5) is 0. The molecule has 0 bridgehead atoms. The van der Waals surface area contributed by atoms with Crippen LogP contribution < -0.4 is 20.1 Å². The topological polar surface area (TPSA) is 42.5 Å². The number of aryl methyl sites for hydroxylation is 2. The van der Waals surface area contributed by atoms with E-state index in [1.807, 2.05) is 36.4 Å². The number of nitrogens with one attached hydrogen (secondary N) is 2. The van der Waals surface area contributed by atoms with E-state index < -0.39 is 0 Å². The summed E-state index contributed by atoms with van der Waals surface area (Å²) in [7, 11) is 3.23. The van der Waals surface area contributed by atoms with E-state index in [1.165, 1.54) is 16.7 Å². The third-order valence-electron chi connectivity index (χ3n) is 4.79. The van der Waals surface area contributed by atoms with E-state index in [9.17, 15) is 0 Å². The van der Waals surface area contributed by atoms with Gasteiger partial charge in [-0.2, -0.15) is 0 Å². The highest BCUT2D eigenvalue weighted by Crippen LogP contribution is 2.30. The molecule has 0 aliphatic carbocycles. The molecule has 0 unspecified atom stereocenters. The molecule has 0 saturated carbocycles. The minimum absolute atomic E-state index is 0.0584. The second-order valence-corrected chi connectivity index (χ2v) is 7.28. The lowest BCUT2D eigenvalue weighted by molar-refractivity contribution is 0.355. The number of methoxy groups -OCH3 is 2. The smallest absolute Gasteiger partial charge is 0.171 e. The van der Waals surface area contributed by atoms with Crippen molar-refractivity contribution in [1.82, 2.24) is 5.32 Å². The molecule has 4 nitrogen and oxygen atoms in total. The van der Waals surface area contributed by atoms with Gasteiger partial charge in [-0.3, -0.25) is 0 Å². The summed E-state index contributed by atoms with van der Waals surface area (Å²) in [5.74, 6) is 1.32. The summed E-state index contributed by atoms with van der Waals surface area (Å²) in [5.41, 5.74) is 5.63. The molecule has 0 aliphatic rings. The molecule has 0 spiro atoms. The lowest BCUT2D eigenvalue weighted by Gasteiger charge is -2.24. The molecule has 29 heavy (non-hydrogen) atoms. The summed E-state index contributed by atoms with van der Waals surface area (Å²) in [6.07, 6.45) is 0. The van der Waals surface area contributed by atoms with Crippen LogP contribution in [0.3, 0.4) is 0 Å². The molecule has 0 amide bonds. The van der Waals surface area contributed by atoms with Crippen molar-refractivity contribution in [3.05, 3.63) is 89.0 Å². The van der Waals surface area contributed by atoms with Crippen molar-refractivity contribution in [2.45, 2.75) is 19.9 Å². The minimum atomic E-state index is -0.0584. The first-order valence-corrected chi connectivity index (χ1v) is 9.84. The van der Waals surface area contributed by atoms with E-state index >= 15 is 0 Å². The van der Waals surface area contributed by atoms with Crippen molar-refractivity contribution in [2.75, 3.05) is 19.5 Å². The van der Waals surface area contributed by atoms with Gasteiger partial charge in [-0.05, 0) is 54.9 Å². The van der Waals surface area contributed by atoms with Crippen molar-refractivity contribution >= 4 is 23.0 Å². The van der Waals surface area contributed by atoms with Crippen LogP contribution in [-0.4, -0.2) is 19.3 Å². The molecule has 0 saturated heterocycles. The fourth-order valence-corrected chi connectivity index (χ4v) is 3.58. The average Bonchev–Trinajstić information content (AvgIpc) is 2.73. The van der Waals surface area contributed by atoms with Crippen molar-refractivity contribution in [3.63, 3.8) is 0 Å². The summed E-state index contributed by atoms with van der Waals surface area (Å²) >= 11 is 5.63. The Balaban J connectivity index is 1.85. The Morgan fingerprint density at radius 1 is 0.862 bits per heavy atom. The van der Waals surface area contributed by atoms with Crippen LogP contribution in [0.2, 0.25) is 0 Å². The van der Waals surface area contributed by atoms with Gasteiger partial charge in [0.1, 0.15) is 0 Å². The number of benzene rings is 3. The molecular weight excluding hydrogens is 380 g/mol. The zero-order valence-corrected chi connectivity index (χ0v) is 18.0. The van der Waals surface area contributed by atoms with E-state index in [2.05, 4.69) is 54.8 Å². The Kier molecular flexibility index (Phi) is 6.73. The maximum Gasteiger partial charge on any atom is 0.171 e. The normalized spacial score (nSPS) is 11.4. The van der Waals surface area contributed by atoms with Gasteiger partial charge >= 0.3 is 0 Å². The summed E-state index contributed by atoms with van der Waals surface area (Å²) < 4.78 is 10.7. The van der Waals surface area contributed by atoms with E-state index in [4.69, 9.17) is 21.7 Å². The van der Waals surface area contributed by atoms with Crippen molar-refractivity contribution < 1.29 is 9.47 Å². The van der Waals surface area contributed by atoms with Crippen LogP contribution in [0.1, 0.15) is 28.3 Å². The first kappa shape index (κ1) is 20.7. The predicted octanol–water partition coefficient (Wildman–Crippen LogP) is 5.40. The van der Waals surface area contributed by atoms with E-state index in [-0.39, 0.29) is 6.04 Å². The SMILES string of the molecule is COc1ccc(NC(=S)N[C@H](c2ccccc2)c2ccc(C)cc2C)cc1OC. The third-order valence-corrected chi connectivity index (χ3v) is 5.01. The van der Waals surface area contributed by atoms with Gasteiger partial charge < -0.3 is 20.1 Å². The fraction of sp³-hybridized carbons (Fsp3) is 0.208. The van der Waals surface area contributed by atoms with Crippen LogP contribution in [0.25, 0.3) is 0 Å². The highest BCUT2D eigenvalue weighted by Gasteiger charge is 2.17. The van der Waals surface area contributed by atoms with Crippen molar-refractivity contribution in [1.29, 1.82) is 0 Å². The zero-order valence-electron chi connectivity index (χ0n) is 17.2. The second kappa shape index (κ2) is 9.43. The number of ether oxygens (including phenoxy) is 2. The molecule has 1 atom stereocenters. The zero-order chi connectivity index (χ0) is 20.8. The standard InChI is InChI=1S/C24H26N2O2S/c1-16-10-12-20(17(2)14-16)23(18-8-6-5-7-9-18)26-24(29)25-19-11-13-21(27-3)22(15-19)28-4/h5-15,23H,1-4H3,(H2,25,26,29)/t23-/m1/s1. The van der Waals surface area contributed by atoms with Crippen LogP contribution in [0, 0.1) is 13.8 Å². The maximum absolute atomic E-state index is 5.63. The number of anilines is 1. The van der Waals surface area contributed by atoms with Crippen LogP contribution in [0.4, 0.5) is 5.69 Å². The Bertz CT molecular complexity index is 989. The molecule has 5 heteroatoms. The van der Waals surface area contributed by atoms with Gasteiger partial charge in [0, 0.05) is 11.8 Å². The van der Waals surface area contributed by atoms with Gasteiger partial charge in [-0.1, -0.05) is 54.1 Å². The molecule has 0 aliphatic heterocycles. The van der Waals surface area contributed by atoms with Gasteiger partial charge in [0.05, 0.1) is 20.3 Å². The second-order valence-electron chi connectivity index (χ2n) is 6.87. The molecule has 0 fully saturated rings. The quantitative estimate of drug-likeness (QED) is 0.537. The first-order chi connectivity index (χ1) is 14.0. The fourth-order valence-electron chi connectivity index (χ4n) is 3.35. The van der Waals surface area contributed by atoms with Gasteiger partial charge in [0.25, 0.3) is 0 Å². The molecule has 0 radical (unpaired) electrons. The Morgan fingerprint density at radius 3 is 2.24 bits per heavy atom. The molecule has 2 N–H and O–H groups in total. The molecule has 3 aromatic rings. The average molecular weight is 407 g/mol. The van der Waals surface area contributed by atoms with E-state index in [0.29, 0.717) is 16.6 Å². The molecular formula is C24H26N2O2S. The molecule has 150 valence electrons. The highest BCUT2D eigenvalue weighted by atomic mass is 32.1. The lowest BCUT2D eigenvalue weighted by Crippen LogP contribution is -2.33. The third kappa shape index (κ3) is 5.06. The van der Waals surface area contributed by atoms with Crippen molar-refractivity contribution in [3.8, 4) is 11.5 Å². The van der Waals surface area contributed by atoms with E-state index in [0.717, 1.165) is 11.3 Å². The number of thiocarbonyl (C=S) groups is 1. The Labute approximate surface area is 177 Å². The van der Waals surface area contributed by atoms with E-state index in [1.54, 1.807) is 14.2 Å². The van der Waals surface area contributed by atoms with Gasteiger partial charge in [-0.25, -0.2) is 0 Å². The largest absolute Gasteiger partial charge is 0.493 e. The molecule has 3 rings (SSSR count). The predicted molar refractivity (Wildman–Crippen MR) is 123 cm³/mol. The van der Waals surface area contributed by atoms with Crippen LogP contribution >= 0.6 is 12.2 Å². The summed E-state index contributed by atoms with van der Waals surface area (Å²) in [6.45, 7) is 4.23. The molecule has 0 heterocycles. The summed E-state index contributed by atoms with van der Waals surface area (Å²) in [6, 6.07) is 22.4. The molecule has 0 aromatic heterocycles. The minimum Gasteiger partial charge on any atom is -0.493 e.